The molecule has 3 nitrogen and oxygen atoms in total. The molecule has 1 heterocycles. The van der Waals surface area contributed by atoms with Crippen LogP contribution < -0.4 is 4.90 Å². The highest BCUT2D eigenvalue weighted by molar-refractivity contribution is 5.74. The van der Waals surface area contributed by atoms with Gasteiger partial charge in [0.15, 0.2) is 5.58 Å². The summed E-state index contributed by atoms with van der Waals surface area (Å²) in [5.74, 6) is 0. The number of rotatable bonds is 5. The molecule has 0 bridgehead atoms. The molecule has 0 aliphatic rings. The standard InChI is InChI=1S/C17H16N2O/c1-2-12-19(13-14-8-4-3-5-9-14)17-18-15-10-6-7-11-16(15)20-17/h2-11H,1,12-13H2. The number of fused-ring (bicyclic) bond motifs is 1. The molecule has 20 heavy (non-hydrogen) atoms. The van der Waals surface area contributed by atoms with E-state index in [4.69, 9.17) is 4.42 Å². The normalized spacial score (nSPS) is 10.6. The fourth-order valence-electron chi connectivity index (χ4n) is 2.17. The highest BCUT2D eigenvalue weighted by Crippen LogP contribution is 2.22. The van der Waals surface area contributed by atoms with Gasteiger partial charge >= 0.3 is 0 Å². The van der Waals surface area contributed by atoms with Crippen molar-refractivity contribution in [3.05, 3.63) is 72.8 Å². The minimum absolute atomic E-state index is 0.634. The smallest absolute Gasteiger partial charge is 0.298 e. The molecule has 2 aromatic carbocycles. The molecule has 3 rings (SSSR count). The van der Waals surface area contributed by atoms with Gasteiger partial charge in [-0.25, -0.2) is 0 Å². The predicted octanol–water partition coefficient (Wildman–Crippen LogP) is 4.02. The summed E-state index contributed by atoms with van der Waals surface area (Å²) >= 11 is 0. The summed E-state index contributed by atoms with van der Waals surface area (Å²) in [5, 5.41) is 0. The van der Waals surface area contributed by atoms with E-state index in [2.05, 4.69) is 28.6 Å². The van der Waals surface area contributed by atoms with Gasteiger partial charge in [-0.3, -0.25) is 0 Å². The zero-order valence-corrected chi connectivity index (χ0v) is 11.2. The molecule has 100 valence electrons. The van der Waals surface area contributed by atoms with Crippen molar-refractivity contribution in [2.45, 2.75) is 6.54 Å². The first-order chi connectivity index (χ1) is 9.86. The van der Waals surface area contributed by atoms with Crippen LogP contribution in [0.15, 0.2) is 71.7 Å². The van der Waals surface area contributed by atoms with Crippen molar-refractivity contribution >= 4 is 17.1 Å². The Labute approximate surface area is 118 Å². The van der Waals surface area contributed by atoms with E-state index in [1.807, 2.05) is 48.5 Å². The van der Waals surface area contributed by atoms with Gasteiger partial charge in [0.1, 0.15) is 5.52 Å². The Hall–Kier alpha value is -2.55. The van der Waals surface area contributed by atoms with Gasteiger partial charge in [-0.1, -0.05) is 48.5 Å². The quantitative estimate of drug-likeness (QED) is 0.652. The Balaban J connectivity index is 1.91. The summed E-state index contributed by atoms with van der Waals surface area (Å²) in [4.78, 5) is 6.61. The van der Waals surface area contributed by atoms with E-state index in [1.54, 1.807) is 0 Å². The number of hydrogen-bond acceptors (Lipinski definition) is 3. The molecular weight excluding hydrogens is 248 g/mol. The topological polar surface area (TPSA) is 29.3 Å². The van der Waals surface area contributed by atoms with Crippen molar-refractivity contribution in [1.82, 2.24) is 4.98 Å². The van der Waals surface area contributed by atoms with Gasteiger partial charge < -0.3 is 9.32 Å². The van der Waals surface area contributed by atoms with Gasteiger partial charge in [-0.05, 0) is 17.7 Å². The summed E-state index contributed by atoms with van der Waals surface area (Å²) in [6.45, 7) is 5.26. The molecule has 0 saturated carbocycles. The van der Waals surface area contributed by atoms with Crippen LogP contribution in [0.4, 0.5) is 6.01 Å². The Morgan fingerprint density at radius 2 is 1.80 bits per heavy atom. The van der Waals surface area contributed by atoms with Gasteiger partial charge in [0.05, 0.1) is 0 Å². The molecule has 0 aliphatic heterocycles. The maximum Gasteiger partial charge on any atom is 0.298 e. The molecule has 1 aromatic heterocycles. The van der Waals surface area contributed by atoms with Gasteiger partial charge in [-0.15, -0.1) is 6.58 Å². The van der Waals surface area contributed by atoms with Crippen LogP contribution in [0.3, 0.4) is 0 Å². The Morgan fingerprint density at radius 1 is 1.05 bits per heavy atom. The molecular formula is C17H16N2O. The van der Waals surface area contributed by atoms with E-state index in [0.29, 0.717) is 12.6 Å². The van der Waals surface area contributed by atoms with E-state index in [9.17, 15) is 0 Å². The fourth-order valence-corrected chi connectivity index (χ4v) is 2.17. The molecule has 0 spiro atoms. The molecule has 0 N–H and O–H groups in total. The number of nitrogens with zero attached hydrogens (tertiary/aromatic N) is 2. The third-order valence-electron chi connectivity index (χ3n) is 3.12. The summed E-state index contributed by atoms with van der Waals surface area (Å²) < 4.78 is 5.82. The highest BCUT2D eigenvalue weighted by atomic mass is 16.4. The molecule has 3 heteroatoms. The predicted molar refractivity (Wildman–Crippen MR) is 81.7 cm³/mol. The van der Waals surface area contributed by atoms with Crippen molar-refractivity contribution < 1.29 is 4.42 Å². The first-order valence-corrected chi connectivity index (χ1v) is 6.62. The monoisotopic (exact) mass is 264 g/mol. The van der Waals surface area contributed by atoms with Gasteiger partial charge in [0.25, 0.3) is 6.01 Å². The number of aromatic nitrogens is 1. The van der Waals surface area contributed by atoms with Crippen LogP contribution >= 0.6 is 0 Å². The zero-order valence-electron chi connectivity index (χ0n) is 11.2. The fraction of sp³-hybridized carbons (Fsp3) is 0.118. The minimum atomic E-state index is 0.634. The number of anilines is 1. The Morgan fingerprint density at radius 3 is 2.55 bits per heavy atom. The van der Waals surface area contributed by atoms with Crippen molar-refractivity contribution in [3.63, 3.8) is 0 Å². The first kappa shape index (κ1) is 12.5. The van der Waals surface area contributed by atoms with Crippen LogP contribution in [0, 0.1) is 0 Å². The Bertz CT molecular complexity index is 670. The average molecular weight is 264 g/mol. The van der Waals surface area contributed by atoms with Crippen LogP contribution in [0.2, 0.25) is 0 Å². The second-order valence-corrected chi connectivity index (χ2v) is 4.62. The number of benzene rings is 2. The van der Waals surface area contributed by atoms with Crippen molar-refractivity contribution in [2.75, 3.05) is 11.4 Å². The molecule has 0 unspecified atom stereocenters. The number of hydrogen-bond donors (Lipinski definition) is 0. The molecule has 0 radical (unpaired) electrons. The lowest BCUT2D eigenvalue weighted by atomic mass is 10.2. The molecule has 3 aromatic rings. The summed E-state index contributed by atoms with van der Waals surface area (Å²) in [7, 11) is 0. The van der Waals surface area contributed by atoms with Gasteiger partial charge in [0.2, 0.25) is 0 Å². The zero-order chi connectivity index (χ0) is 13.8. The number of oxazole rings is 1. The third-order valence-corrected chi connectivity index (χ3v) is 3.12. The second kappa shape index (κ2) is 5.61. The van der Waals surface area contributed by atoms with Crippen LogP contribution in [-0.2, 0) is 6.54 Å². The van der Waals surface area contributed by atoms with E-state index in [0.717, 1.165) is 17.6 Å². The molecule has 0 saturated heterocycles. The van der Waals surface area contributed by atoms with Crippen LogP contribution in [0.1, 0.15) is 5.56 Å². The van der Waals surface area contributed by atoms with Crippen LogP contribution in [-0.4, -0.2) is 11.5 Å². The molecule has 0 atom stereocenters. The lowest BCUT2D eigenvalue weighted by Gasteiger charge is -2.18. The maximum absolute atomic E-state index is 5.82. The minimum Gasteiger partial charge on any atom is -0.423 e. The first-order valence-electron chi connectivity index (χ1n) is 6.62. The largest absolute Gasteiger partial charge is 0.423 e. The molecule has 0 fully saturated rings. The van der Waals surface area contributed by atoms with E-state index in [1.165, 1.54) is 5.56 Å². The van der Waals surface area contributed by atoms with E-state index >= 15 is 0 Å². The third kappa shape index (κ3) is 2.57. The maximum atomic E-state index is 5.82. The highest BCUT2D eigenvalue weighted by Gasteiger charge is 2.13. The summed E-state index contributed by atoms with van der Waals surface area (Å²) in [6, 6.07) is 18.7. The molecule has 0 amide bonds. The van der Waals surface area contributed by atoms with Crippen LogP contribution in [0.25, 0.3) is 11.1 Å². The van der Waals surface area contributed by atoms with Gasteiger partial charge in [0, 0.05) is 13.1 Å². The number of para-hydroxylation sites is 2. The second-order valence-electron chi connectivity index (χ2n) is 4.62. The lowest BCUT2D eigenvalue weighted by Crippen LogP contribution is -2.22. The average Bonchev–Trinajstić information content (AvgIpc) is 2.92. The van der Waals surface area contributed by atoms with Crippen LogP contribution in [0.5, 0.6) is 0 Å². The lowest BCUT2D eigenvalue weighted by molar-refractivity contribution is 0.574. The van der Waals surface area contributed by atoms with E-state index in [-0.39, 0.29) is 0 Å². The van der Waals surface area contributed by atoms with Crippen molar-refractivity contribution in [1.29, 1.82) is 0 Å². The molecule has 0 aliphatic carbocycles. The summed E-state index contributed by atoms with van der Waals surface area (Å²) in [5.41, 5.74) is 2.91. The summed E-state index contributed by atoms with van der Waals surface area (Å²) in [6.07, 6.45) is 1.86. The Kier molecular flexibility index (Phi) is 3.50. The SMILES string of the molecule is C=CCN(Cc1ccccc1)c1nc2ccccc2o1. The van der Waals surface area contributed by atoms with Crippen molar-refractivity contribution in [3.8, 4) is 0 Å². The van der Waals surface area contributed by atoms with Gasteiger partial charge in [-0.2, -0.15) is 4.98 Å². The van der Waals surface area contributed by atoms with E-state index < -0.39 is 0 Å². The van der Waals surface area contributed by atoms with Crippen molar-refractivity contribution in [2.24, 2.45) is 0 Å².